The van der Waals surface area contributed by atoms with Crippen molar-refractivity contribution >= 4 is 40.9 Å². The number of rotatable bonds is 4. The molecule has 3 aromatic rings. The summed E-state index contributed by atoms with van der Waals surface area (Å²) in [4.78, 5) is 16.6. The van der Waals surface area contributed by atoms with Gasteiger partial charge in [0, 0.05) is 10.9 Å². The van der Waals surface area contributed by atoms with Crippen LogP contribution in [0.4, 0.5) is 0 Å². The largest absolute Gasteiger partial charge is 0.293 e. The number of benzene rings is 2. The molecule has 2 aromatic carbocycles. The lowest BCUT2D eigenvalue weighted by Gasteiger charge is -2.03. The van der Waals surface area contributed by atoms with E-state index in [2.05, 4.69) is 4.98 Å². The molecule has 0 saturated carbocycles. The van der Waals surface area contributed by atoms with Gasteiger partial charge in [-0.3, -0.25) is 4.79 Å². The van der Waals surface area contributed by atoms with Gasteiger partial charge in [0.2, 0.25) is 0 Å². The molecule has 0 radical (unpaired) electrons. The highest BCUT2D eigenvalue weighted by atomic mass is 35.5. The minimum atomic E-state index is 0. The van der Waals surface area contributed by atoms with E-state index in [-0.39, 0.29) is 18.2 Å². The number of hydrogen-bond donors (Lipinski definition) is 0. The predicted octanol–water partition coefficient (Wildman–Crippen LogP) is 4.63. The number of aromatic nitrogens is 1. The molecule has 0 bridgehead atoms. The number of pyridine rings is 1. The van der Waals surface area contributed by atoms with Crippen LogP contribution in [-0.2, 0) is 0 Å². The Labute approximate surface area is 134 Å². The Bertz CT molecular complexity index is 746. The summed E-state index contributed by atoms with van der Waals surface area (Å²) in [6.07, 6.45) is 0. The Hall–Kier alpha value is -1.84. The smallest absolute Gasteiger partial charge is 0.173 e. The molecule has 3 rings (SSSR count). The molecule has 0 N–H and O–H groups in total. The summed E-state index contributed by atoms with van der Waals surface area (Å²) in [5.74, 6) is 0.542. The minimum Gasteiger partial charge on any atom is -0.293 e. The number of fused-ring (bicyclic) bond motifs is 1. The van der Waals surface area contributed by atoms with Crippen molar-refractivity contribution in [1.82, 2.24) is 4.98 Å². The number of hydrogen-bond acceptors (Lipinski definition) is 3. The fraction of sp³-hybridized carbons (Fsp3) is 0.0588. The van der Waals surface area contributed by atoms with Crippen molar-refractivity contribution in [3.63, 3.8) is 0 Å². The first-order chi connectivity index (χ1) is 9.83. The maximum Gasteiger partial charge on any atom is 0.173 e. The second-order valence-electron chi connectivity index (χ2n) is 4.42. The van der Waals surface area contributed by atoms with Crippen molar-refractivity contribution in [2.45, 2.75) is 5.03 Å². The van der Waals surface area contributed by atoms with Crippen LogP contribution in [0.5, 0.6) is 0 Å². The van der Waals surface area contributed by atoms with Crippen molar-refractivity contribution in [1.29, 1.82) is 0 Å². The van der Waals surface area contributed by atoms with Gasteiger partial charge in [0.05, 0.1) is 16.3 Å². The van der Waals surface area contributed by atoms with Crippen LogP contribution in [0.2, 0.25) is 0 Å². The number of carbonyl (C=O) groups excluding carboxylic acids is 1. The van der Waals surface area contributed by atoms with Crippen LogP contribution in [0.1, 0.15) is 10.4 Å². The highest BCUT2D eigenvalue weighted by Gasteiger charge is 2.06. The van der Waals surface area contributed by atoms with Gasteiger partial charge in [-0.25, -0.2) is 4.98 Å². The maximum atomic E-state index is 12.0. The lowest BCUT2D eigenvalue weighted by molar-refractivity contribution is 0.102. The molecule has 0 aliphatic heterocycles. The highest BCUT2D eigenvalue weighted by molar-refractivity contribution is 7.99. The third-order valence-electron chi connectivity index (χ3n) is 3.02. The zero-order chi connectivity index (χ0) is 13.8. The Balaban J connectivity index is 0.00000161. The molecule has 4 heteroatoms. The summed E-state index contributed by atoms with van der Waals surface area (Å²) in [7, 11) is 0. The van der Waals surface area contributed by atoms with E-state index in [1.807, 2.05) is 66.7 Å². The third-order valence-corrected chi connectivity index (χ3v) is 3.95. The first-order valence-corrected chi connectivity index (χ1v) is 7.38. The van der Waals surface area contributed by atoms with E-state index in [9.17, 15) is 4.79 Å². The summed E-state index contributed by atoms with van der Waals surface area (Å²) < 4.78 is 0. The fourth-order valence-corrected chi connectivity index (χ4v) is 2.75. The SMILES string of the molecule is Cl.O=C(CSc1ccc2ccccc2n1)c1ccccc1. The van der Waals surface area contributed by atoms with Crippen LogP contribution < -0.4 is 0 Å². The van der Waals surface area contributed by atoms with Crippen LogP contribution in [0, 0.1) is 0 Å². The summed E-state index contributed by atoms with van der Waals surface area (Å²) >= 11 is 1.48. The number of thioether (sulfide) groups is 1. The van der Waals surface area contributed by atoms with Gasteiger partial charge >= 0.3 is 0 Å². The monoisotopic (exact) mass is 315 g/mol. The molecule has 0 unspecified atom stereocenters. The van der Waals surface area contributed by atoms with Gasteiger partial charge in [0.25, 0.3) is 0 Å². The van der Waals surface area contributed by atoms with Crippen LogP contribution in [0.15, 0.2) is 71.8 Å². The number of carbonyl (C=O) groups is 1. The van der Waals surface area contributed by atoms with Crippen LogP contribution in [0.25, 0.3) is 10.9 Å². The molecule has 1 aromatic heterocycles. The molecule has 0 saturated heterocycles. The van der Waals surface area contributed by atoms with Crippen molar-refractivity contribution in [2.24, 2.45) is 0 Å². The molecule has 0 aliphatic carbocycles. The summed E-state index contributed by atoms with van der Waals surface area (Å²) in [6.45, 7) is 0. The molecule has 21 heavy (non-hydrogen) atoms. The average Bonchev–Trinajstić information content (AvgIpc) is 2.53. The zero-order valence-electron chi connectivity index (χ0n) is 11.2. The lowest BCUT2D eigenvalue weighted by Crippen LogP contribution is -2.02. The normalized spacial score (nSPS) is 10.1. The second kappa shape index (κ2) is 7.25. The van der Waals surface area contributed by atoms with Gasteiger partial charge in [-0.15, -0.1) is 12.4 Å². The molecule has 106 valence electrons. The van der Waals surface area contributed by atoms with E-state index >= 15 is 0 Å². The molecule has 2 nitrogen and oxygen atoms in total. The molecule has 0 amide bonds. The zero-order valence-corrected chi connectivity index (χ0v) is 12.9. The lowest BCUT2D eigenvalue weighted by atomic mass is 10.2. The molecule has 0 fully saturated rings. The van der Waals surface area contributed by atoms with Crippen LogP contribution in [-0.4, -0.2) is 16.5 Å². The molecule has 0 aliphatic rings. The highest BCUT2D eigenvalue weighted by Crippen LogP contribution is 2.20. The van der Waals surface area contributed by atoms with E-state index in [1.54, 1.807) is 0 Å². The van der Waals surface area contributed by atoms with Crippen molar-refractivity contribution < 1.29 is 4.79 Å². The minimum absolute atomic E-state index is 0. The predicted molar refractivity (Wildman–Crippen MR) is 90.5 cm³/mol. The Kier molecular flexibility index (Phi) is 5.37. The fourth-order valence-electron chi connectivity index (χ4n) is 1.97. The summed E-state index contributed by atoms with van der Waals surface area (Å²) in [6, 6.07) is 21.3. The van der Waals surface area contributed by atoms with Crippen molar-refractivity contribution in [2.75, 3.05) is 5.75 Å². The standard InChI is InChI=1S/C17H13NOS.ClH/c19-16(14-7-2-1-3-8-14)12-20-17-11-10-13-6-4-5-9-15(13)18-17;/h1-11H,12H2;1H. The summed E-state index contributed by atoms with van der Waals surface area (Å²) in [5, 5.41) is 2.00. The van der Waals surface area contributed by atoms with Crippen LogP contribution >= 0.6 is 24.2 Å². The van der Waals surface area contributed by atoms with E-state index in [0.29, 0.717) is 5.75 Å². The van der Waals surface area contributed by atoms with Gasteiger partial charge in [0.15, 0.2) is 5.78 Å². The van der Waals surface area contributed by atoms with Gasteiger partial charge in [0.1, 0.15) is 0 Å². The molecule has 0 atom stereocenters. The van der Waals surface area contributed by atoms with E-state index < -0.39 is 0 Å². The summed E-state index contributed by atoms with van der Waals surface area (Å²) in [5.41, 5.74) is 1.71. The number of para-hydroxylation sites is 1. The number of ketones is 1. The first kappa shape index (κ1) is 15.5. The molecular weight excluding hydrogens is 302 g/mol. The van der Waals surface area contributed by atoms with Gasteiger partial charge in [-0.1, -0.05) is 66.4 Å². The quantitative estimate of drug-likeness (QED) is 0.519. The molecular formula is C17H14ClNOS. The van der Waals surface area contributed by atoms with Crippen molar-refractivity contribution in [3.05, 3.63) is 72.3 Å². The number of nitrogens with zero attached hydrogens (tertiary/aromatic N) is 1. The maximum absolute atomic E-state index is 12.0. The Morgan fingerprint density at radius 2 is 1.62 bits per heavy atom. The Morgan fingerprint density at radius 1 is 0.905 bits per heavy atom. The molecule has 1 heterocycles. The first-order valence-electron chi connectivity index (χ1n) is 6.40. The van der Waals surface area contributed by atoms with Crippen molar-refractivity contribution in [3.8, 4) is 0 Å². The number of halogens is 1. The van der Waals surface area contributed by atoms with E-state index in [4.69, 9.17) is 0 Å². The van der Waals surface area contributed by atoms with E-state index in [1.165, 1.54) is 11.8 Å². The van der Waals surface area contributed by atoms with Crippen LogP contribution in [0.3, 0.4) is 0 Å². The van der Waals surface area contributed by atoms with Gasteiger partial charge in [-0.05, 0) is 12.1 Å². The second-order valence-corrected chi connectivity index (χ2v) is 5.42. The number of Topliss-reactive ketones (excluding diaryl/α,β-unsaturated/α-hetero) is 1. The van der Waals surface area contributed by atoms with Gasteiger partial charge < -0.3 is 0 Å². The Morgan fingerprint density at radius 3 is 2.43 bits per heavy atom. The third kappa shape index (κ3) is 3.84. The molecule has 0 spiro atoms. The van der Waals surface area contributed by atoms with Gasteiger partial charge in [-0.2, -0.15) is 0 Å². The topological polar surface area (TPSA) is 30.0 Å². The average molecular weight is 316 g/mol. The van der Waals surface area contributed by atoms with E-state index in [0.717, 1.165) is 21.5 Å².